The highest BCUT2D eigenvalue weighted by Gasteiger charge is 2.45. The Kier molecular flexibility index (Phi) is 8.20. The first-order valence-electron chi connectivity index (χ1n) is 8.79. The Morgan fingerprint density at radius 1 is 1.06 bits per heavy atom. The van der Waals surface area contributed by atoms with E-state index in [2.05, 4.69) is 4.98 Å². The molecule has 1 aromatic carbocycles. The molecule has 0 aliphatic rings. The molecule has 176 valence electrons. The summed E-state index contributed by atoms with van der Waals surface area (Å²) in [6.07, 6.45) is -3.69. The molecule has 0 radical (unpaired) electrons. The van der Waals surface area contributed by atoms with Gasteiger partial charge in [0.15, 0.2) is 0 Å². The lowest BCUT2D eigenvalue weighted by molar-refractivity contribution is -0.133. The number of amides is 1. The molecule has 0 saturated heterocycles. The number of nitrogens with zero attached hydrogens (tertiary/aromatic N) is 1. The first-order chi connectivity index (χ1) is 14.9. The van der Waals surface area contributed by atoms with Crippen LogP contribution in [-0.2, 0) is 21.4 Å². The number of aliphatic hydroxyl groups is 1. The molecule has 14 heteroatoms. The highest BCUT2D eigenvalue weighted by molar-refractivity contribution is 7.90. The molecule has 1 heterocycles. The third kappa shape index (κ3) is 6.40. The van der Waals surface area contributed by atoms with Crippen LogP contribution in [0.25, 0.3) is 11.1 Å². The largest absolute Gasteiger partial charge is 0.511 e. The molecule has 0 saturated carbocycles. The van der Waals surface area contributed by atoms with Crippen LogP contribution in [-0.4, -0.2) is 49.1 Å². The van der Waals surface area contributed by atoms with Crippen molar-refractivity contribution in [1.29, 1.82) is 0 Å². The van der Waals surface area contributed by atoms with Gasteiger partial charge in [0.05, 0.1) is 18.3 Å². The molecule has 32 heavy (non-hydrogen) atoms. The van der Waals surface area contributed by atoms with Crippen molar-refractivity contribution >= 4 is 15.9 Å². The highest BCUT2D eigenvalue weighted by Crippen LogP contribution is 2.24. The Labute approximate surface area is 178 Å². The van der Waals surface area contributed by atoms with E-state index in [1.807, 2.05) is 0 Å². The second-order valence-corrected chi connectivity index (χ2v) is 8.20. The summed E-state index contributed by atoms with van der Waals surface area (Å²) in [6.45, 7) is -1.97. The smallest absolute Gasteiger partial charge is 0.386 e. The molecule has 3 N–H and O–H groups in total. The number of pyridine rings is 1. The van der Waals surface area contributed by atoms with Gasteiger partial charge >= 0.3 is 22.0 Å². The number of alkyl halides is 6. The van der Waals surface area contributed by atoms with Gasteiger partial charge in [0.2, 0.25) is 0 Å². The summed E-state index contributed by atoms with van der Waals surface area (Å²) in [7, 11) is -5.50. The van der Waals surface area contributed by atoms with Crippen LogP contribution in [0.1, 0.15) is 17.4 Å². The lowest BCUT2D eigenvalue weighted by Crippen LogP contribution is -2.43. The van der Waals surface area contributed by atoms with Gasteiger partial charge in [-0.25, -0.2) is 17.5 Å². The lowest BCUT2D eigenvalue weighted by atomic mass is 9.99. The van der Waals surface area contributed by atoms with Gasteiger partial charge in [0.25, 0.3) is 5.91 Å². The average molecular weight is 485 g/mol. The van der Waals surface area contributed by atoms with Crippen molar-refractivity contribution in [3.05, 3.63) is 53.9 Å². The summed E-state index contributed by atoms with van der Waals surface area (Å²) in [4.78, 5) is 14.9. The van der Waals surface area contributed by atoms with Crippen LogP contribution in [0.2, 0.25) is 0 Å². The van der Waals surface area contributed by atoms with Gasteiger partial charge in [-0.1, -0.05) is 30.3 Å². The molecule has 0 bridgehead atoms. The molecule has 0 fully saturated rings. The summed E-state index contributed by atoms with van der Waals surface area (Å²) in [6, 6.07) is 6.87. The SMILES string of the molecule is O=C(N[C@H](CF)[C@@H](O)c1ccc(-c2ccc(CNS(=O)(=O)C(F)(F)F)nc2)cc1)C(F)F. The van der Waals surface area contributed by atoms with Crippen molar-refractivity contribution in [2.45, 2.75) is 30.6 Å². The van der Waals surface area contributed by atoms with Crippen molar-refractivity contribution in [2.24, 2.45) is 0 Å². The molecule has 1 aromatic heterocycles. The number of aromatic nitrogens is 1. The van der Waals surface area contributed by atoms with Gasteiger partial charge in [-0.15, -0.1) is 0 Å². The normalized spacial score (nSPS) is 14.2. The minimum atomic E-state index is -5.50. The fraction of sp³-hybridized carbons (Fsp3) is 0.333. The third-order valence-electron chi connectivity index (χ3n) is 4.23. The van der Waals surface area contributed by atoms with E-state index in [9.17, 15) is 44.7 Å². The van der Waals surface area contributed by atoms with Gasteiger partial charge in [-0.3, -0.25) is 9.78 Å². The van der Waals surface area contributed by atoms with E-state index in [1.165, 1.54) is 47.3 Å². The summed E-state index contributed by atoms with van der Waals surface area (Å²) in [5.74, 6) is -1.72. The van der Waals surface area contributed by atoms with Gasteiger partial charge in [0, 0.05) is 11.8 Å². The van der Waals surface area contributed by atoms with Crippen LogP contribution in [0.4, 0.5) is 26.3 Å². The number of halogens is 6. The molecule has 0 unspecified atom stereocenters. The Hall–Kier alpha value is -2.71. The summed E-state index contributed by atoms with van der Waals surface area (Å²) >= 11 is 0. The fourth-order valence-corrected chi connectivity index (χ4v) is 3.00. The van der Waals surface area contributed by atoms with E-state index in [0.717, 1.165) is 0 Å². The number of carbonyl (C=O) groups is 1. The minimum absolute atomic E-state index is 0.0224. The number of hydrogen-bond donors (Lipinski definition) is 3. The molecule has 0 aliphatic heterocycles. The zero-order chi connectivity index (χ0) is 24.1. The number of benzene rings is 1. The summed E-state index contributed by atoms with van der Waals surface area (Å²) in [5, 5.41) is 11.8. The molecule has 7 nitrogen and oxygen atoms in total. The quantitative estimate of drug-likeness (QED) is 0.473. The fourth-order valence-electron chi connectivity index (χ4n) is 2.50. The number of aliphatic hydroxyl groups excluding tert-OH is 1. The molecule has 1 amide bonds. The standard InChI is InChI=1S/C18H17F6N3O4S/c19-7-14(27-17(29)16(20)21)15(28)11-3-1-10(2-4-11)12-5-6-13(25-8-12)9-26-32(30,31)18(22,23)24/h1-6,8,14-16,26,28H,7,9H2,(H,27,29)/t14-,15+/m1/s1. The number of carbonyl (C=O) groups excluding carboxylic acids is 1. The van der Waals surface area contributed by atoms with E-state index in [-0.39, 0.29) is 11.3 Å². The third-order valence-corrected chi connectivity index (χ3v) is 5.37. The maximum absolute atomic E-state index is 13.1. The van der Waals surface area contributed by atoms with Crippen molar-refractivity contribution in [2.75, 3.05) is 6.67 Å². The van der Waals surface area contributed by atoms with E-state index < -0.39 is 53.2 Å². The van der Waals surface area contributed by atoms with Crippen LogP contribution >= 0.6 is 0 Å². The van der Waals surface area contributed by atoms with Crippen molar-refractivity contribution in [3.8, 4) is 11.1 Å². The Bertz CT molecular complexity index is 1010. The zero-order valence-corrected chi connectivity index (χ0v) is 16.8. The molecule has 0 aliphatic carbocycles. The number of nitrogens with one attached hydrogen (secondary N) is 2. The van der Waals surface area contributed by atoms with Crippen molar-refractivity contribution < 1.29 is 44.7 Å². The second-order valence-electron chi connectivity index (χ2n) is 6.45. The maximum Gasteiger partial charge on any atom is 0.511 e. The molecule has 2 aromatic rings. The Morgan fingerprint density at radius 3 is 2.12 bits per heavy atom. The number of rotatable bonds is 9. The molecular weight excluding hydrogens is 468 g/mol. The predicted octanol–water partition coefficient (Wildman–Crippen LogP) is 2.44. The predicted molar refractivity (Wildman–Crippen MR) is 100 cm³/mol. The maximum atomic E-state index is 13.1. The van der Waals surface area contributed by atoms with E-state index in [4.69, 9.17) is 0 Å². The summed E-state index contributed by atoms with van der Waals surface area (Å²) in [5.41, 5.74) is -4.26. The topological polar surface area (TPSA) is 108 Å². The Balaban J connectivity index is 2.07. The first-order valence-corrected chi connectivity index (χ1v) is 10.3. The highest BCUT2D eigenvalue weighted by atomic mass is 32.2. The van der Waals surface area contributed by atoms with Crippen LogP contribution in [0.3, 0.4) is 0 Å². The van der Waals surface area contributed by atoms with Crippen LogP contribution in [0, 0.1) is 0 Å². The second kappa shape index (κ2) is 10.3. The summed E-state index contributed by atoms with van der Waals surface area (Å²) < 4.78 is 98.0. The lowest BCUT2D eigenvalue weighted by Gasteiger charge is -2.22. The van der Waals surface area contributed by atoms with Gasteiger partial charge in [-0.2, -0.15) is 22.0 Å². The number of hydrogen-bond acceptors (Lipinski definition) is 5. The van der Waals surface area contributed by atoms with Gasteiger partial charge < -0.3 is 10.4 Å². The van der Waals surface area contributed by atoms with Gasteiger partial charge in [0.1, 0.15) is 12.8 Å². The van der Waals surface area contributed by atoms with Crippen molar-refractivity contribution in [3.63, 3.8) is 0 Å². The zero-order valence-electron chi connectivity index (χ0n) is 16.0. The van der Waals surface area contributed by atoms with Crippen LogP contribution < -0.4 is 10.0 Å². The molecule has 2 rings (SSSR count). The molecule has 0 spiro atoms. The number of sulfonamides is 1. The van der Waals surface area contributed by atoms with Crippen LogP contribution in [0.15, 0.2) is 42.6 Å². The van der Waals surface area contributed by atoms with Gasteiger partial charge in [-0.05, 0) is 17.2 Å². The minimum Gasteiger partial charge on any atom is -0.386 e. The monoisotopic (exact) mass is 485 g/mol. The first kappa shape index (κ1) is 25.5. The van der Waals surface area contributed by atoms with E-state index in [1.54, 1.807) is 5.32 Å². The molecule has 2 atom stereocenters. The van der Waals surface area contributed by atoms with Crippen molar-refractivity contribution in [1.82, 2.24) is 15.0 Å². The average Bonchev–Trinajstić information content (AvgIpc) is 2.75. The molecular formula is C18H17F6N3O4S. The Morgan fingerprint density at radius 2 is 1.66 bits per heavy atom. The van der Waals surface area contributed by atoms with E-state index in [0.29, 0.717) is 11.1 Å². The van der Waals surface area contributed by atoms with Crippen LogP contribution in [0.5, 0.6) is 0 Å². The van der Waals surface area contributed by atoms with E-state index >= 15 is 0 Å².